The molecule has 2 unspecified atom stereocenters. The number of likely N-dealkylation sites (N-methyl/N-ethyl adjacent to an activating group) is 1. The van der Waals surface area contributed by atoms with Crippen molar-refractivity contribution < 1.29 is 43.8 Å². The molecule has 2 aromatic rings. The number of fused-ring (bicyclic) bond motifs is 9. The molecule has 3 N–H and O–H groups in total. The quantitative estimate of drug-likeness (QED) is 0.539. The fourth-order valence-corrected chi connectivity index (χ4v) is 7.12. The number of nitrogens with zero attached hydrogens (tertiary/aromatic N) is 2. The molecule has 4 aliphatic heterocycles. The zero-order valence-electron chi connectivity index (χ0n) is 22.2. The van der Waals surface area contributed by atoms with Crippen LogP contribution in [-0.2, 0) is 11.2 Å². The van der Waals surface area contributed by atoms with Gasteiger partial charge in [-0.15, -0.1) is 0 Å². The van der Waals surface area contributed by atoms with E-state index in [1.165, 1.54) is 0 Å². The molecule has 0 aromatic heterocycles. The van der Waals surface area contributed by atoms with Crippen LogP contribution in [0.4, 0.5) is 0 Å². The summed E-state index contributed by atoms with van der Waals surface area (Å²) in [5, 5.41) is 33.9. The normalized spacial score (nSPS) is 27.0. The van der Waals surface area contributed by atoms with E-state index in [4.69, 9.17) is 23.7 Å². The third kappa shape index (κ3) is 2.86. The van der Waals surface area contributed by atoms with Crippen LogP contribution in [0.25, 0.3) is 0 Å². The lowest BCUT2D eigenvalue weighted by Gasteiger charge is -2.58. The van der Waals surface area contributed by atoms with Crippen LogP contribution >= 0.6 is 0 Å². The van der Waals surface area contributed by atoms with Crippen LogP contribution in [0.3, 0.4) is 0 Å². The van der Waals surface area contributed by atoms with Crippen molar-refractivity contribution in [2.24, 2.45) is 0 Å². The molecule has 0 saturated carbocycles. The highest BCUT2D eigenvalue weighted by Gasteiger charge is 2.59. The third-order valence-corrected chi connectivity index (χ3v) is 8.71. The smallest absolute Gasteiger partial charge is 0.241 e. The van der Waals surface area contributed by atoms with E-state index in [2.05, 4.69) is 0 Å². The Morgan fingerprint density at radius 3 is 2.24 bits per heavy atom. The summed E-state index contributed by atoms with van der Waals surface area (Å²) in [5.41, 5.74) is 3.33. The van der Waals surface area contributed by atoms with Crippen molar-refractivity contribution in [1.82, 2.24) is 9.80 Å². The summed E-state index contributed by atoms with van der Waals surface area (Å²) in [4.78, 5) is 17.6. The lowest BCUT2D eigenvalue weighted by molar-refractivity contribution is -0.168. The van der Waals surface area contributed by atoms with Crippen molar-refractivity contribution in [3.8, 4) is 34.5 Å². The molecule has 38 heavy (non-hydrogen) atoms. The average Bonchev–Trinajstić information content (AvgIpc) is 3.39. The van der Waals surface area contributed by atoms with Crippen LogP contribution in [0, 0.1) is 13.8 Å². The molecule has 0 spiro atoms. The number of carbonyl (C=O) groups is 1. The fourth-order valence-electron chi connectivity index (χ4n) is 7.12. The Balaban J connectivity index is 1.66. The minimum Gasteiger partial charge on any atom is -0.507 e. The molecule has 5 atom stereocenters. The van der Waals surface area contributed by atoms with Gasteiger partial charge in [0.1, 0.15) is 17.6 Å². The first kappa shape index (κ1) is 24.9. The molecule has 1 amide bonds. The van der Waals surface area contributed by atoms with Crippen LogP contribution in [0.2, 0.25) is 0 Å². The maximum atomic E-state index is 14.2. The van der Waals surface area contributed by atoms with Gasteiger partial charge < -0.3 is 43.9 Å². The number of rotatable bonds is 4. The molecule has 0 radical (unpaired) electrons. The summed E-state index contributed by atoms with van der Waals surface area (Å²) >= 11 is 0. The predicted octanol–water partition coefficient (Wildman–Crippen LogP) is 1.65. The van der Waals surface area contributed by atoms with Gasteiger partial charge in [0, 0.05) is 39.8 Å². The van der Waals surface area contributed by atoms with Gasteiger partial charge in [0.25, 0.3) is 0 Å². The number of amides is 1. The molecule has 2 bridgehead atoms. The number of phenolic OH excluding ortho intramolecular Hbond substituents is 1. The standard InChI is InChI=1S/C27H32N2O9/c1-10-20(31)17-16(26-24(10)37-9-38-26)14(8-30)29-19(21(17)32)18-15-12(7-13(27(29)33)28(18)3)22(34-4)11(2)23(35-5)25(15)36-6/h13-14,18-19,21,30-32H,7-9H2,1-6H3/t13-,14-,18+,19?,21?/m0/s1. The van der Waals surface area contributed by atoms with E-state index in [1.54, 1.807) is 33.2 Å². The number of aromatic hydroxyl groups is 1. The maximum absolute atomic E-state index is 14.2. The van der Waals surface area contributed by atoms with Gasteiger partial charge in [-0.3, -0.25) is 9.69 Å². The lowest BCUT2D eigenvalue weighted by Crippen LogP contribution is -2.67. The molecule has 11 heteroatoms. The van der Waals surface area contributed by atoms with Crippen molar-refractivity contribution in [3.05, 3.63) is 33.4 Å². The highest BCUT2D eigenvalue weighted by atomic mass is 16.7. The Labute approximate surface area is 220 Å². The summed E-state index contributed by atoms with van der Waals surface area (Å²) in [6.45, 7) is 3.06. The van der Waals surface area contributed by atoms with Crippen molar-refractivity contribution in [2.75, 3.05) is 41.8 Å². The van der Waals surface area contributed by atoms with Crippen LogP contribution in [-0.4, -0.2) is 84.9 Å². The van der Waals surface area contributed by atoms with Crippen molar-refractivity contribution in [3.63, 3.8) is 0 Å². The minimum absolute atomic E-state index is 0.0603. The number of hydrogen-bond acceptors (Lipinski definition) is 10. The summed E-state index contributed by atoms with van der Waals surface area (Å²) in [6.07, 6.45) is -0.973. The van der Waals surface area contributed by atoms with Gasteiger partial charge in [-0.25, -0.2) is 0 Å². The number of carbonyl (C=O) groups excluding carboxylic acids is 1. The van der Waals surface area contributed by atoms with Crippen LogP contribution in [0.15, 0.2) is 0 Å². The Bertz CT molecular complexity index is 1360. The lowest BCUT2D eigenvalue weighted by atomic mass is 9.72. The van der Waals surface area contributed by atoms with E-state index in [1.807, 2.05) is 18.9 Å². The summed E-state index contributed by atoms with van der Waals surface area (Å²) in [7, 11) is 6.53. The number of piperazine rings is 1. The third-order valence-electron chi connectivity index (χ3n) is 8.71. The minimum atomic E-state index is -1.31. The zero-order chi connectivity index (χ0) is 27.2. The first-order valence-corrected chi connectivity index (χ1v) is 12.5. The molecule has 2 aromatic carbocycles. The molecule has 0 aliphatic carbocycles. The number of methoxy groups -OCH3 is 3. The van der Waals surface area contributed by atoms with E-state index in [9.17, 15) is 20.1 Å². The molecule has 6 rings (SSSR count). The molecule has 1 saturated heterocycles. The van der Waals surface area contributed by atoms with E-state index < -0.39 is 36.9 Å². The van der Waals surface area contributed by atoms with Crippen molar-refractivity contribution in [2.45, 2.75) is 50.5 Å². The van der Waals surface area contributed by atoms with Gasteiger partial charge in [-0.2, -0.15) is 0 Å². The van der Waals surface area contributed by atoms with Gasteiger partial charge in [0.05, 0.1) is 52.1 Å². The van der Waals surface area contributed by atoms with E-state index in [-0.39, 0.29) is 24.0 Å². The molecular weight excluding hydrogens is 496 g/mol. The number of benzene rings is 2. The molecule has 11 nitrogen and oxygen atoms in total. The van der Waals surface area contributed by atoms with Gasteiger partial charge in [0.15, 0.2) is 23.0 Å². The molecule has 1 fully saturated rings. The summed E-state index contributed by atoms with van der Waals surface area (Å²) in [6, 6.07) is -2.89. The second-order valence-corrected chi connectivity index (χ2v) is 10.2. The topological polar surface area (TPSA) is 130 Å². The summed E-state index contributed by atoms with van der Waals surface area (Å²) < 4.78 is 28.8. The van der Waals surface area contributed by atoms with Crippen LogP contribution in [0.5, 0.6) is 34.5 Å². The zero-order valence-corrected chi connectivity index (χ0v) is 22.2. The van der Waals surface area contributed by atoms with E-state index in [0.29, 0.717) is 46.3 Å². The van der Waals surface area contributed by atoms with Crippen molar-refractivity contribution in [1.29, 1.82) is 0 Å². The Hall–Kier alpha value is -3.41. The van der Waals surface area contributed by atoms with Gasteiger partial charge in [0.2, 0.25) is 12.7 Å². The first-order chi connectivity index (χ1) is 18.2. The SMILES string of the molecule is COc1c(C)c(OC)c(OC)c2c1C[C@H]1C(=O)N3C(C(O)c4c(O)c(C)c5c(c4[C@@H]3CO)OCO5)[C@@H]2N1C. The van der Waals surface area contributed by atoms with Crippen molar-refractivity contribution >= 4 is 5.91 Å². The highest BCUT2D eigenvalue weighted by molar-refractivity contribution is 5.87. The molecule has 4 aliphatic rings. The van der Waals surface area contributed by atoms with E-state index in [0.717, 1.165) is 16.7 Å². The number of hydrogen-bond donors (Lipinski definition) is 3. The Kier molecular flexibility index (Phi) is 5.60. The monoisotopic (exact) mass is 528 g/mol. The fraction of sp³-hybridized carbons (Fsp3) is 0.519. The molecular formula is C27H32N2O9. The van der Waals surface area contributed by atoms with Crippen LogP contribution < -0.4 is 23.7 Å². The average molecular weight is 529 g/mol. The number of ether oxygens (including phenoxy) is 5. The van der Waals surface area contributed by atoms with Gasteiger partial charge in [-0.1, -0.05) is 0 Å². The second kappa shape index (κ2) is 8.55. The molecule has 4 heterocycles. The number of aliphatic hydroxyl groups excluding tert-OH is 2. The first-order valence-electron chi connectivity index (χ1n) is 12.5. The summed E-state index contributed by atoms with van der Waals surface area (Å²) in [5.74, 6) is 1.90. The Morgan fingerprint density at radius 2 is 1.61 bits per heavy atom. The number of aliphatic hydroxyl groups is 2. The second-order valence-electron chi connectivity index (χ2n) is 10.2. The molecule has 204 valence electrons. The number of phenols is 1. The highest BCUT2D eigenvalue weighted by Crippen LogP contribution is 2.61. The van der Waals surface area contributed by atoms with E-state index >= 15 is 0 Å². The predicted molar refractivity (Wildman–Crippen MR) is 133 cm³/mol. The van der Waals surface area contributed by atoms with Crippen LogP contribution in [0.1, 0.15) is 51.6 Å². The maximum Gasteiger partial charge on any atom is 0.241 e. The van der Waals surface area contributed by atoms with Gasteiger partial charge >= 0.3 is 0 Å². The Morgan fingerprint density at radius 1 is 0.947 bits per heavy atom. The van der Waals surface area contributed by atoms with Gasteiger partial charge in [-0.05, 0) is 20.9 Å². The largest absolute Gasteiger partial charge is 0.507 e.